The number of halogens is 3. The molecule has 0 spiro atoms. The molecule has 1 aromatic heterocycles. The molecule has 0 fully saturated rings. The quantitative estimate of drug-likeness (QED) is 0.943. The summed E-state index contributed by atoms with van der Waals surface area (Å²) >= 11 is 1.14. The summed E-state index contributed by atoms with van der Waals surface area (Å²) in [5.74, 6) is -0.299. The highest BCUT2D eigenvalue weighted by Crippen LogP contribution is 2.30. The van der Waals surface area contributed by atoms with Crippen LogP contribution in [0.1, 0.15) is 5.56 Å². The fraction of sp³-hybridized carbons (Fsp3) is 0.182. The SMILES string of the molecule is O=C(COc1ccc(C(F)(F)F)cc1)Nc1nncs1. The molecular weight excluding hydrogens is 295 g/mol. The lowest BCUT2D eigenvalue weighted by Crippen LogP contribution is -2.20. The van der Waals surface area contributed by atoms with Crippen molar-refractivity contribution in [2.24, 2.45) is 0 Å². The van der Waals surface area contributed by atoms with E-state index < -0.39 is 17.6 Å². The van der Waals surface area contributed by atoms with Gasteiger partial charge in [-0.1, -0.05) is 11.3 Å². The molecule has 106 valence electrons. The first kappa shape index (κ1) is 14.3. The molecule has 0 atom stereocenters. The topological polar surface area (TPSA) is 64.1 Å². The van der Waals surface area contributed by atoms with Gasteiger partial charge in [0.2, 0.25) is 5.13 Å². The van der Waals surface area contributed by atoms with Crippen molar-refractivity contribution in [3.05, 3.63) is 35.3 Å². The van der Waals surface area contributed by atoms with Crippen LogP contribution in [0, 0.1) is 0 Å². The average molecular weight is 303 g/mol. The summed E-state index contributed by atoms with van der Waals surface area (Å²) in [6, 6.07) is 4.08. The zero-order valence-electron chi connectivity index (χ0n) is 9.85. The van der Waals surface area contributed by atoms with E-state index in [0.29, 0.717) is 5.13 Å². The van der Waals surface area contributed by atoms with Gasteiger partial charge in [-0.15, -0.1) is 10.2 Å². The van der Waals surface area contributed by atoms with E-state index in [1.807, 2.05) is 0 Å². The Morgan fingerprint density at radius 3 is 2.55 bits per heavy atom. The summed E-state index contributed by atoms with van der Waals surface area (Å²) in [4.78, 5) is 11.4. The predicted molar refractivity (Wildman–Crippen MR) is 65.5 cm³/mol. The molecule has 0 bridgehead atoms. The van der Waals surface area contributed by atoms with Crippen LogP contribution in [-0.4, -0.2) is 22.7 Å². The van der Waals surface area contributed by atoms with Gasteiger partial charge in [-0.3, -0.25) is 10.1 Å². The summed E-state index contributed by atoms with van der Waals surface area (Å²) in [6.45, 7) is -0.328. The van der Waals surface area contributed by atoms with E-state index in [1.165, 1.54) is 5.51 Å². The Morgan fingerprint density at radius 1 is 1.30 bits per heavy atom. The number of carbonyl (C=O) groups is 1. The second-order valence-corrected chi connectivity index (χ2v) is 4.44. The predicted octanol–water partition coefficient (Wildman–Crippen LogP) is 2.57. The van der Waals surface area contributed by atoms with E-state index in [2.05, 4.69) is 15.5 Å². The number of nitrogens with one attached hydrogen (secondary N) is 1. The van der Waals surface area contributed by atoms with Crippen molar-refractivity contribution in [1.29, 1.82) is 0 Å². The maximum Gasteiger partial charge on any atom is 0.416 e. The molecular formula is C11H8F3N3O2S. The molecule has 1 N–H and O–H groups in total. The lowest BCUT2D eigenvalue weighted by Gasteiger charge is -2.08. The second-order valence-electron chi connectivity index (χ2n) is 3.60. The highest BCUT2D eigenvalue weighted by atomic mass is 32.1. The summed E-state index contributed by atoms with van der Waals surface area (Å²) in [6.07, 6.45) is -4.40. The minimum atomic E-state index is -4.40. The van der Waals surface area contributed by atoms with E-state index in [-0.39, 0.29) is 12.4 Å². The summed E-state index contributed by atoms with van der Waals surface area (Å²) in [7, 11) is 0. The van der Waals surface area contributed by atoms with E-state index >= 15 is 0 Å². The third-order valence-corrected chi connectivity index (χ3v) is 2.76. The number of amides is 1. The number of carbonyl (C=O) groups excluding carboxylic acids is 1. The van der Waals surface area contributed by atoms with Gasteiger partial charge in [0.1, 0.15) is 11.3 Å². The maximum atomic E-state index is 12.3. The first-order valence-corrected chi connectivity index (χ1v) is 6.19. The summed E-state index contributed by atoms with van der Waals surface area (Å²) in [5.41, 5.74) is 0.676. The Balaban J connectivity index is 1.86. The molecule has 1 aromatic carbocycles. The molecule has 0 aliphatic heterocycles. The Kier molecular flexibility index (Phi) is 4.18. The number of aromatic nitrogens is 2. The molecule has 1 amide bonds. The zero-order valence-corrected chi connectivity index (χ0v) is 10.7. The number of nitrogens with zero attached hydrogens (tertiary/aromatic N) is 2. The zero-order chi connectivity index (χ0) is 14.6. The number of rotatable bonds is 4. The smallest absolute Gasteiger partial charge is 0.416 e. The van der Waals surface area contributed by atoms with Gasteiger partial charge in [0.15, 0.2) is 6.61 Å². The van der Waals surface area contributed by atoms with E-state index in [0.717, 1.165) is 35.6 Å². The van der Waals surface area contributed by atoms with Crippen LogP contribution in [-0.2, 0) is 11.0 Å². The van der Waals surface area contributed by atoms with Crippen LogP contribution in [0.4, 0.5) is 18.3 Å². The lowest BCUT2D eigenvalue weighted by molar-refractivity contribution is -0.137. The van der Waals surface area contributed by atoms with Crippen LogP contribution in [0.2, 0.25) is 0 Å². The van der Waals surface area contributed by atoms with Crippen LogP contribution in [0.25, 0.3) is 0 Å². The highest BCUT2D eigenvalue weighted by molar-refractivity contribution is 7.13. The van der Waals surface area contributed by atoms with Gasteiger partial charge in [-0.25, -0.2) is 0 Å². The van der Waals surface area contributed by atoms with Crippen molar-refractivity contribution in [3.8, 4) is 5.75 Å². The fourth-order valence-electron chi connectivity index (χ4n) is 1.27. The van der Waals surface area contributed by atoms with Crippen molar-refractivity contribution in [2.75, 3.05) is 11.9 Å². The molecule has 0 saturated heterocycles. The molecule has 9 heteroatoms. The lowest BCUT2D eigenvalue weighted by atomic mass is 10.2. The second kappa shape index (κ2) is 5.87. The third kappa shape index (κ3) is 3.92. The van der Waals surface area contributed by atoms with Gasteiger partial charge in [0.05, 0.1) is 5.56 Å². The monoisotopic (exact) mass is 303 g/mol. The van der Waals surface area contributed by atoms with Crippen molar-refractivity contribution in [1.82, 2.24) is 10.2 Å². The number of benzene rings is 1. The number of alkyl halides is 3. The largest absolute Gasteiger partial charge is 0.484 e. The number of hydrogen-bond acceptors (Lipinski definition) is 5. The molecule has 0 unspecified atom stereocenters. The number of hydrogen-bond donors (Lipinski definition) is 1. The van der Waals surface area contributed by atoms with Gasteiger partial charge >= 0.3 is 6.18 Å². The fourth-order valence-corrected chi connectivity index (χ4v) is 1.73. The molecule has 0 saturated carbocycles. The van der Waals surface area contributed by atoms with Gasteiger partial charge in [-0.2, -0.15) is 13.2 Å². The molecule has 5 nitrogen and oxygen atoms in total. The standard InChI is InChI=1S/C11H8F3N3O2S/c12-11(13,14)7-1-3-8(4-2-7)19-5-9(18)16-10-17-15-6-20-10/h1-4,6H,5H2,(H,16,17,18). The van der Waals surface area contributed by atoms with E-state index in [9.17, 15) is 18.0 Å². The number of anilines is 1. The summed E-state index contributed by atoms with van der Waals surface area (Å²) < 4.78 is 42.0. The Bertz CT molecular complexity index is 570. The van der Waals surface area contributed by atoms with Gasteiger partial charge in [0.25, 0.3) is 5.91 Å². The Labute approximate surface area is 115 Å². The molecule has 1 heterocycles. The van der Waals surface area contributed by atoms with Crippen molar-refractivity contribution < 1.29 is 22.7 Å². The third-order valence-electron chi connectivity index (χ3n) is 2.16. The van der Waals surface area contributed by atoms with Crippen LogP contribution < -0.4 is 10.1 Å². The number of ether oxygens (including phenoxy) is 1. The van der Waals surface area contributed by atoms with E-state index in [1.54, 1.807) is 0 Å². The average Bonchev–Trinajstić information content (AvgIpc) is 2.88. The maximum absolute atomic E-state index is 12.3. The van der Waals surface area contributed by atoms with Gasteiger partial charge in [-0.05, 0) is 24.3 Å². The molecule has 2 rings (SSSR count). The minimum Gasteiger partial charge on any atom is -0.484 e. The van der Waals surface area contributed by atoms with Gasteiger partial charge < -0.3 is 4.74 Å². The first-order chi connectivity index (χ1) is 9.45. The normalized spacial score (nSPS) is 11.2. The van der Waals surface area contributed by atoms with Crippen molar-refractivity contribution in [2.45, 2.75) is 6.18 Å². The molecule has 0 radical (unpaired) electrons. The molecule has 0 aliphatic carbocycles. The molecule has 0 aliphatic rings. The summed E-state index contributed by atoms with van der Waals surface area (Å²) in [5, 5.41) is 9.89. The van der Waals surface area contributed by atoms with Gasteiger partial charge in [0, 0.05) is 0 Å². The van der Waals surface area contributed by atoms with Crippen LogP contribution in [0.5, 0.6) is 5.75 Å². The first-order valence-electron chi connectivity index (χ1n) is 5.31. The Hall–Kier alpha value is -2.16. The van der Waals surface area contributed by atoms with E-state index in [4.69, 9.17) is 4.74 Å². The molecule has 20 heavy (non-hydrogen) atoms. The van der Waals surface area contributed by atoms with Crippen LogP contribution in [0.15, 0.2) is 29.8 Å². The van der Waals surface area contributed by atoms with Crippen molar-refractivity contribution >= 4 is 22.4 Å². The van der Waals surface area contributed by atoms with Crippen LogP contribution in [0.3, 0.4) is 0 Å². The Morgan fingerprint density at radius 2 is 2.00 bits per heavy atom. The van der Waals surface area contributed by atoms with Crippen molar-refractivity contribution in [3.63, 3.8) is 0 Å². The minimum absolute atomic E-state index is 0.172. The highest BCUT2D eigenvalue weighted by Gasteiger charge is 2.30. The van der Waals surface area contributed by atoms with Crippen LogP contribution >= 0.6 is 11.3 Å². The molecule has 2 aromatic rings.